The number of aryl methyl sites for hydroxylation is 3. The molecule has 1 aromatic carbocycles. The molecule has 0 atom stereocenters. The number of carbonyl (C=O) groups is 1. The number of halogens is 1. The Balaban J connectivity index is 1.64. The van der Waals surface area contributed by atoms with Crippen LogP contribution in [-0.4, -0.2) is 28.2 Å². The Hall–Kier alpha value is -2.38. The van der Waals surface area contributed by atoms with Crippen LogP contribution in [0.1, 0.15) is 47.5 Å². The summed E-state index contributed by atoms with van der Waals surface area (Å²) in [5.41, 5.74) is 2.40. The number of carboxylic acids is 1. The zero-order chi connectivity index (χ0) is 21.1. The fraction of sp³-hybridized carbons (Fsp3) is 0.409. The van der Waals surface area contributed by atoms with Crippen LogP contribution in [0.4, 0.5) is 5.82 Å². The number of nitrogens with one attached hydrogen (secondary N) is 1. The van der Waals surface area contributed by atoms with Crippen LogP contribution >= 0.6 is 22.9 Å². The molecule has 30 heavy (non-hydrogen) atoms. The average Bonchev–Trinajstić information content (AvgIpc) is 3.10. The molecule has 1 aliphatic rings. The molecule has 0 bridgehead atoms. The van der Waals surface area contributed by atoms with Crippen molar-refractivity contribution in [2.75, 3.05) is 12.4 Å². The number of anilines is 1. The minimum atomic E-state index is -0.794. The topological polar surface area (TPSA) is 84.3 Å². The highest BCUT2D eigenvalue weighted by Gasteiger charge is 2.21. The van der Waals surface area contributed by atoms with Crippen LogP contribution in [0.25, 0.3) is 10.2 Å². The van der Waals surface area contributed by atoms with Crippen LogP contribution in [0.5, 0.6) is 5.75 Å². The van der Waals surface area contributed by atoms with Crippen molar-refractivity contribution in [2.45, 2.75) is 51.5 Å². The molecule has 0 fully saturated rings. The number of methoxy groups -OCH3 is 1. The summed E-state index contributed by atoms with van der Waals surface area (Å²) in [4.78, 5) is 22.8. The van der Waals surface area contributed by atoms with E-state index in [0.717, 1.165) is 34.4 Å². The number of hydrogen-bond donors (Lipinski definition) is 2. The van der Waals surface area contributed by atoms with E-state index in [1.165, 1.54) is 23.3 Å². The van der Waals surface area contributed by atoms with Crippen molar-refractivity contribution in [3.05, 3.63) is 45.1 Å². The lowest BCUT2D eigenvalue weighted by molar-refractivity contribution is -0.137. The zero-order valence-electron chi connectivity index (χ0n) is 16.8. The average molecular weight is 446 g/mol. The number of fused-ring (bicyclic) bond motifs is 3. The van der Waals surface area contributed by atoms with Gasteiger partial charge in [0, 0.05) is 24.3 Å². The summed E-state index contributed by atoms with van der Waals surface area (Å²) in [7, 11) is 1.60. The van der Waals surface area contributed by atoms with Crippen molar-refractivity contribution in [2.24, 2.45) is 0 Å². The van der Waals surface area contributed by atoms with E-state index in [4.69, 9.17) is 31.4 Å². The van der Waals surface area contributed by atoms with Gasteiger partial charge in [0.25, 0.3) is 0 Å². The molecule has 6 nitrogen and oxygen atoms in total. The van der Waals surface area contributed by atoms with Crippen molar-refractivity contribution in [3.8, 4) is 5.75 Å². The third kappa shape index (κ3) is 4.52. The van der Waals surface area contributed by atoms with E-state index in [9.17, 15) is 4.79 Å². The van der Waals surface area contributed by atoms with Gasteiger partial charge in [0.15, 0.2) is 0 Å². The summed E-state index contributed by atoms with van der Waals surface area (Å²) in [5, 5.41) is 14.1. The molecule has 2 aromatic heterocycles. The van der Waals surface area contributed by atoms with Crippen molar-refractivity contribution in [1.82, 2.24) is 9.97 Å². The molecule has 0 saturated heterocycles. The first-order chi connectivity index (χ1) is 14.5. The number of aromatic nitrogens is 2. The first-order valence-electron chi connectivity index (χ1n) is 10.1. The maximum Gasteiger partial charge on any atom is 0.303 e. The van der Waals surface area contributed by atoms with Crippen molar-refractivity contribution < 1.29 is 14.6 Å². The monoisotopic (exact) mass is 445 g/mol. The number of thiophene rings is 1. The van der Waals surface area contributed by atoms with Crippen molar-refractivity contribution >= 4 is 44.9 Å². The highest BCUT2D eigenvalue weighted by Crippen LogP contribution is 2.39. The van der Waals surface area contributed by atoms with Crippen LogP contribution in [-0.2, 0) is 30.6 Å². The molecule has 3 aromatic rings. The maximum atomic E-state index is 10.9. The van der Waals surface area contributed by atoms with E-state index in [1.54, 1.807) is 18.4 Å². The lowest BCUT2D eigenvalue weighted by Crippen LogP contribution is -2.07. The molecule has 2 N–H and O–H groups in total. The highest BCUT2D eigenvalue weighted by molar-refractivity contribution is 7.19. The molecule has 0 saturated carbocycles. The number of aliphatic carboxylic acids is 1. The SMILES string of the molecule is COc1ccc(CNc2nc(CCCC(=O)O)nc3sc4c(c23)CCCC4)cc1Cl. The molecule has 0 radical (unpaired) electrons. The summed E-state index contributed by atoms with van der Waals surface area (Å²) >= 11 is 8.02. The first kappa shape index (κ1) is 20.9. The van der Waals surface area contributed by atoms with Gasteiger partial charge >= 0.3 is 5.97 Å². The van der Waals surface area contributed by atoms with Crippen LogP contribution < -0.4 is 10.1 Å². The third-order valence-corrected chi connectivity index (χ3v) is 6.81. The number of nitrogens with zero attached hydrogens (tertiary/aromatic N) is 2. The molecular weight excluding hydrogens is 422 g/mol. The summed E-state index contributed by atoms with van der Waals surface area (Å²) in [5.74, 6) is 1.38. The summed E-state index contributed by atoms with van der Waals surface area (Å²) in [6, 6.07) is 5.73. The second-order valence-corrected chi connectivity index (χ2v) is 8.94. The Bertz CT molecular complexity index is 1080. The lowest BCUT2D eigenvalue weighted by atomic mass is 9.97. The van der Waals surface area contributed by atoms with Gasteiger partial charge in [0.1, 0.15) is 22.2 Å². The van der Waals surface area contributed by atoms with Gasteiger partial charge in [-0.2, -0.15) is 0 Å². The highest BCUT2D eigenvalue weighted by atomic mass is 35.5. The normalized spacial score (nSPS) is 13.3. The van der Waals surface area contributed by atoms with E-state index in [2.05, 4.69) is 5.32 Å². The van der Waals surface area contributed by atoms with Crippen molar-refractivity contribution in [1.29, 1.82) is 0 Å². The third-order valence-electron chi connectivity index (χ3n) is 5.33. The van der Waals surface area contributed by atoms with Gasteiger partial charge in [-0.25, -0.2) is 9.97 Å². The summed E-state index contributed by atoms with van der Waals surface area (Å²) in [6.45, 7) is 0.578. The Morgan fingerprint density at radius 1 is 1.30 bits per heavy atom. The molecule has 0 unspecified atom stereocenters. The Morgan fingerprint density at radius 2 is 2.13 bits per heavy atom. The van der Waals surface area contributed by atoms with Gasteiger partial charge in [0.2, 0.25) is 0 Å². The van der Waals surface area contributed by atoms with E-state index >= 15 is 0 Å². The number of hydrogen-bond acceptors (Lipinski definition) is 6. The molecule has 2 heterocycles. The first-order valence-corrected chi connectivity index (χ1v) is 11.3. The maximum absolute atomic E-state index is 10.9. The Kier molecular flexibility index (Phi) is 6.39. The smallest absolute Gasteiger partial charge is 0.303 e. The van der Waals surface area contributed by atoms with E-state index in [0.29, 0.717) is 36.0 Å². The Morgan fingerprint density at radius 3 is 2.90 bits per heavy atom. The largest absolute Gasteiger partial charge is 0.495 e. The molecule has 1 aliphatic carbocycles. The molecular formula is C22H24ClN3O3S. The fourth-order valence-corrected chi connectivity index (χ4v) is 5.41. The van der Waals surface area contributed by atoms with Gasteiger partial charge < -0.3 is 15.2 Å². The van der Waals surface area contributed by atoms with Crippen LogP contribution in [0, 0.1) is 0 Å². The molecule has 0 amide bonds. The van der Waals surface area contributed by atoms with Gasteiger partial charge in [-0.05, 0) is 55.4 Å². The number of carboxylic acid groups (broad SMARTS) is 1. The second-order valence-electron chi connectivity index (χ2n) is 7.45. The van der Waals surface area contributed by atoms with Crippen LogP contribution in [0.15, 0.2) is 18.2 Å². The zero-order valence-corrected chi connectivity index (χ0v) is 18.4. The van der Waals surface area contributed by atoms with E-state index in [-0.39, 0.29) is 6.42 Å². The minimum absolute atomic E-state index is 0.120. The Labute approximate surface area is 184 Å². The predicted octanol–water partition coefficient (Wildman–Crippen LogP) is 5.25. The van der Waals surface area contributed by atoms with Crippen LogP contribution in [0.3, 0.4) is 0 Å². The van der Waals surface area contributed by atoms with Gasteiger partial charge in [-0.3, -0.25) is 4.79 Å². The number of rotatable bonds is 8. The summed E-state index contributed by atoms with van der Waals surface area (Å²) < 4.78 is 5.23. The number of ether oxygens (including phenoxy) is 1. The molecule has 8 heteroatoms. The second kappa shape index (κ2) is 9.18. The standard InChI is InChI=1S/C22H24ClN3O3S/c1-29-16-10-9-13(11-15(16)23)12-24-21-20-14-5-2-3-6-17(14)30-22(20)26-18(25-21)7-4-8-19(27)28/h9-11H,2-8,12H2,1H3,(H,27,28)(H,24,25,26). The summed E-state index contributed by atoms with van der Waals surface area (Å²) in [6.07, 6.45) is 5.75. The van der Waals surface area contributed by atoms with Gasteiger partial charge in [-0.15, -0.1) is 11.3 Å². The van der Waals surface area contributed by atoms with E-state index in [1.807, 2.05) is 18.2 Å². The predicted molar refractivity (Wildman–Crippen MR) is 120 cm³/mol. The lowest BCUT2D eigenvalue weighted by Gasteiger charge is -2.14. The van der Waals surface area contributed by atoms with Crippen molar-refractivity contribution in [3.63, 3.8) is 0 Å². The van der Waals surface area contributed by atoms with Gasteiger partial charge in [-0.1, -0.05) is 17.7 Å². The molecule has 0 aliphatic heterocycles. The molecule has 0 spiro atoms. The van der Waals surface area contributed by atoms with E-state index < -0.39 is 5.97 Å². The van der Waals surface area contributed by atoms with Gasteiger partial charge in [0.05, 0.1) is 17.5 Å². The number of benzene rings is 1. The molecule has 158 valence electrons. The quantitative estimate of drug-likeness (QED) is 0.492. The molecule has 4 rings (SSSR count). The van der Waals surface area contributed by atoms with Crippen LogP contribution in [0.2, 0.25) is 5.02 Å². The fourth-order valence-electron chi connectivity index (χ4n) is 3.84. The minimum Gasteiger partial charge on any atom is -0.495 e.